The third kappa shape index (κ3) is 6.05. The molecule has 2 amide bonds. The van der Waals surface area contributed by atoms with Crippen LogP contribution in [0.4, 0.5) is 5.69 Å². The highest BCUT2D eigenvalue weighted by molar-refractivity contribution is 6.00. The first kappa shape index (κ1) is 21.3. The van der Waals surface area contributed by atoms with Crippen LogP contribution in [0.15, 0.2) is 84.9 Å². The second-order valence-electron chi connectivity index (χ2n) is 7.31. The largest absolute Gasteiger partial charge is 0.344 e. The van der Waals surface area contributed by atoms with Crippen LogP contribution in [0.5, 0.6) is 0 Å². The Bertz CT molecular complexity index is 955. The van der Waals surface area contributed by atoms with E-state index in [4.69, 9.17) is 0 Å². The molecular weight excluding hydrogens is 372 g/mol. The van der Waals surface area contributed by atoms with Crippen LogP contribution in [-0.4, -0.2) is 17.9 Å². The Morgan fingerprint density at radius 2 is 1.47 bits per heavy atom. The number of amides is 2. The molecule has 30 heavy (non-hydrogen) atoms. The van der Waals surface area contributed by atoms with Gasteiger partial charge in [0.05, 0.1) is 0 Å². The molecule has 3 rings (SSSR count). The Kier molecular flexibility index (Phi) is 7.78. The van der Waals surface area contributed by atoms with Gasteiger partial charge in [-0.05, 0) is 23.6 Å². The molecule has 0 aliphatic rings. The number of hydrogen-bond acceptors (Lipinski definition) is 2. The van der Waals surface area contributed by atoms with Crippen molar-refractivity contribution in [1.82, 2.24) is 5.32 Å². The molecule has 0 heterocycles. The van der Waals surface area contributed by atoms with Gasteiger partial charge in [0.1, 0.15) is 6.04 Å². The summed E-state index contributed by atoms with van der Waals surface area (Å²) in [5.41, 5.74) is 3.71. The summed E-state index contributed by atoms with van der Waals surface area (Å²) < 4.78 is 0. The lowest BCUT2D eigenvalue weighted by molar-refractivity contribution is -0.126. The first-order valence-electron chi connectivity index (χ1n) is 10.5. The van der Waals surface area contributed by atoms with Crippen molar-refractivity contribution in [3.8, 4) is 11.1 Å². The van der Waals surface area contributed by atoms with Crippen LogP contribution in [0, 0.1) is 0 Å². The summed E-state index contributed by atoms with van der Waals surface area (Å²) in [5.74, 6) is -0.309. The van der Waals surface area contributed by atoms with Crippen LogP contribution in [0.3, 0.4) is 0 Å². The van der Waals surface area contributed by atoms with Gasteiger partial charge in [0.25, 0.3) is 0 Å². The molecule has 0 saturated carbocycles. The summed E-state index contributed by atoms with van der Waals surface area (Å²) in [6, 6.07) is 26.8. The molecule has 3 aromatic rings. The molecule has 0 fully saturated rings. The minimum absolute atomic E-state index is 0.0933. The summed E-state index contributed by atoms with van der Waals surface area (Å²) >= 11 is 0. The van der Waals surface area contributed by atoms with E-state index >= 15 is 0 Å². The van der Waals surface area contributed by atoms with E-state index in [2.05, 4.69) is 10.6 Å². The lowest BCUT2D eigenvalue weighted by atomic mass is 10.0. The van der Waals surface area contributed by atoms with Crippen molar-refractivity contribution in [2.24, 2.45) is 0 Å². The summed E-state index contributed by atoms with van der Waals surface area (Å²) in [6.45, 7) is 2.04. The second kappa shape index (κ2) is 11.0. The Morgan fingerprint density at radius 3 is 2.17 bits per heavy atom. The molecule has 1 atom stereocenters. The van der Waals surface area contributed by atoms with E-state index in [9.17, 15) is 9.59 Å². The maximum Gasteiger partial charge on any atom is 0.247 e. The van der Waals surface area contributed by atoms with Gasteiger partial charge >= 0.3 is 0 Å². The Labute approximate surface area is 178 Å². The van der Waals surface area contributed by atoms with Gasteiger partial charge in [-0.1, -0.05) is 92.2 Å². The smallest absolute Gasteiger partial charge is 0.247 e. The lowest BCUT2D eigenvalue weighted by Gasteiger charge is -2.20. The predicted molar refractivity (Wildman–Crippen MR) is 122 cm³/mol. The quantitative estimate of drug-likeness (QED) is 0.518. The number of carbonyl (C=O) groups excluding carboxylic acids is 2. The van der Waals surface area contributed by atoms with Gasteiger partial charge in [-0.2, -0.15) is 0 Å². The Hall–Kier alpha value is -3.40. The van der Waals surface area contributed by atoms with Crippen molar-refractivity contribution < 1.29 is 9.59 Å². The van der Waals surface area contributed by atoms with Gasteiger partial charge in [-0.3, -0.25) is 9.59 Å². The van der Waals surface area contributed by atoms with Crippen molar-refractivity contribution in [2.45, 2.75) is 38.6 Å². The molecule has 4 nitrogen and oxygen atoms in total. The fourth-order valence-corrected chi connectivity index (χ4v) is 3.34. The molecule has 3 aromatic carbocycles. The van der Waals surface area contributed by atoms with Crippen LogP contribution < -0.4 is 10.6 Å². The van der Waals surface area contributed by atoms with E-state index in [1.807, 2.05) is 91.9 Å². The molecule has 0 saturated heterocycles. The van der Waals surface area contributed by atoms with E-state index in [1.54, 1.807) is 0 Å². The van der Waals surface area contributed by atoms with Gasteiger partial charge in [-0.15, -0.1) is 0 Å². The van der Waals surface area contributed by atoms with Gasteiger partial charge in [0, 0.05) is 24.1 Å². The number of hydrogen-bond donors (Lipinski definition) is 2. The van der Waals surface area contributed by atoms with Crippen LogP contribution in [-0.2, 0) is 16.0 Å². The summed E-state index contributed by atoms with van der Waals surface area (Å²) in [7, 11) is 0. The normalized spacial score (nSPS) is 11.5. The summed E-state index contributed by atoms with van der Waals surface area (Å²) in [6.07, 6.45) is 2.61. The highest BCUT2D eigenvalue weighted by atomic mass is 16.2. The van der Waals surface area contributed by atoms with E-state index in [0.29, 0.717) is 12.8 Å². The van der Waals surface area contributed by atoms with Gasteiger partial charge < -0.3 is 10.6 Å². The number of benzene rings is 3. The second-order valence-corrected chi connectivity index (χ2v) is 7.31. The van der Waals surface area contributed by atoms with E-state index < -0.39 is 6.04 Å². The highest BCUT2D eigenvalue weighted by Gasteiger charge is 2.22. The van der Waals surface area contributed by atoms with Crippen molar-refractivity contribution in [3.05, 3.63) is 90.5 Å². The maximum atomic E-state index is 13.2. The number of rotatable bonds is 9. The van der Waals surface area contributed by atoms with Gasteiger partial charge in [-0.25, -0.2) is 0 Å². The zero-order valence-electron chi connectivity index (χ0n) is 17.3. The minimum Gasteiger partial charge on any atom is -0.344 e. The average molecular weight is 401 g/mol. The maximum absolute atomic E-state index is 13.2. The topological polar surface area (TPSA) is 58.2 Å². The molecule has 4 heteroatoms. The monoisotopic (exact) mass is 400 g/mol. The number of para-hydroxylation sites is 1. The first-order chi connectivity index (χ1) is 14.7. The van der Waals surface area contributed by atoms with Crippen molar-refractivity contribution in [3.63, 3.8) is 0 Å². The van der Waals surface area contributed by atoms with Crippen LogP contribution in [0.1, 0.15) is 31.7 Å². The minimum atomic E-state index is -0.638. The highest BCUT2D eigenvalue weighted by Crippen LogP contribution is 2.27. The standard InChI is InChI=1S/C26H28N2O2/c1-2-3-18-25(29)27-24(19-20-12-6-4-7-13-20)26(30)28-23-17-11-10-16-22(23)21-14-8-5-9-15-21/h4-17,24H,2-3,18-19H2,1H3,(H,27,29)(H,28,30). The number of nitrogens with one attached hydrogen (secondary N) is 2. The number of carbonyl (C=O) groups is 2. The van der Waals surface area contributed by atoms with Crippen LogP contribution >= 0.6 is 0 Å². The third-order valence-corrected chi connectivity index (χ3v) is 4.96. The predicted octanol–water partition coefficient (Wildman–Crippen LogP) is 5.21. The van der Waals surface area contributed by atoms with Crippen LogP contribution in [0.25, 0.3) is 11.1 Å². The van der Waals surface area contributed by atoms with E-state index in [1.165, 1.54) is 0 Å². The fraction of sp³-hybridized carbons (Fsp3) is 0.231. The Morgan fingerprint density at radius 1 is 0.833 bits per heavy atom. The zero-order chi connectivity index (χ0) is 21.2. The molecule has 0 aromatic heterocycles. The molecule has 0 spiro atoms. The van der Waals surface area contributed by atoms with Crippen molar-refractivity contribution in [2.75, 3.05) is 5.32 Å². The van der Waals surface area contributed by atoms with E-state index in [-0.39, 0.29) is 11.8 Å². The molecule has 0 aliphatic carbocycles. The molecule has 2 N–H and O–H groups in total. The molecule has 1 unspecified atom stereocenters. The molecule has 154 valence electrons. The lowest BCUT2D eigenvalue weighted by Crippen LogP contribution is -2.45. The zero-order valence-corrected chi connectivity index (χ0v) is 17.3. The Balaban J connectivity index is 1.80. The number of unbranched alkanes of at least 4 members (excludes halogenated alkanes) is 1. The third-order valence-electron chi connectivity index (χ3n) is 4.96. The summed E-state index contributed by atoms with van der Waals surface area (Å²) in [4.78, 5) is 25.5. The van der Waals surface area contributed by atoms with Crippen molar-refractivity contribution in [1.29, 1.82) is 0 Å². The van der Waals surface area contributed by atoms with Gasteiger partial charge in [0.15, 0.2) is 0 Å². The molecule has 0 aliphatic heterocycles. The SMILES string of the molecule is CCCCC(=O)NC(Cc1ccccc1)C(=O)Nc1ccccc1-c1ccccc1. The molecule has 0 radical (unpaired) electrons. The van der Waals surface area contributed by atoms with Crippen LogP contribution in [0.2, 0.25) is 0 Å². The number of anilines is 1. The van der Waals surface area contributed by atoms with E-state index in [0.717, 1.165) is 35.2 Å². The molecule has 0 bridgehead atoms. The fourth-order valence-electron chi connectivity index (χ4n) is 3.34. The van der Waals surface area contributed by atoms with Crippen molar-refractivity contribution >= 4 is 17.5 Å². The molecular formula is C26H28N2O2. The first-order valence-corrected chi connectivity index (χ1v) is 10.5. The summed E-state index contributed by atoms with van der Waals surface area (Å²) in [5, 5.41) is 5.97. The average Bonchev–Trinajstić information content (AvgIpc) is 2.79. The van der Waals surface area contributed by atoms with Gasteiger partial charge in [0.2, 0.25) is 11.8 Å².